The van der Waals surface area contributed by atoms with Gasteiger partial charge in [-0.1, -0.05) is 0 Å². The van der Waals surface area contributed by atoms with E-state index in [2.05, 4.69) is 20.7 Å². The Kier molecular flexibility index (Phi) is 3.52. The Morgan fingerprint density at radius 1 is 1.14 bits per heavy atom. The van der Waals surface area contributed by atoms with Gasteiger partial charge in [-0.25, -0.2) is 15.8 Å². The van der Waals surface area contributed by atoms with Gasteiger partial charge in [0.15, 0.2) is 17.3 Å². The van der Waals surface area contributed by atoms with Gasteiger partial charge in [0.2, 0.25) is 0 Å². The fraction of sp³-hybridized carbons (Fsp3) is 0.154. The van der Waals surface area contributed by atoms with Crippen LogP contribution in [-0.2, 0) is 0 Å². The minimum atomic E-state index is -0.372. The predicted octanol–water partition coefficient (Wildman–Crippen LogP) is 0.786. The Bertz CT molecular complexity index is 659. The van der Waals surface area contributed by atoms with Crippen molar-refractivity contribution in [3.63, 3.8) is 0 Å². The first-order chi connectivity index (χ1) is 10.3. The summed E-state index contributed by atoms with van der Waals surface area (Å²) in [5, 5.41) is 2.72. The van der Waals surface area contributed by atoms with Crippen molar-refractivity contribution in [3.8, 4) is 11.5 Å². The number of nitrogens with two attached hydrogens (primary N) is 1. The molecule has 3 rings (SSSR count). The van der Waals surface area contributed by atoms with Gasteiger partial charge in [-0.05, 0) is 12.1 Å². The predicted molar refractivity (Wildman–Crippen MR) is 75.2 cm³/mol. The average molecular weight is 287 g/mol. The molecule has 0 radical (unpaired) electrons. The zero-order chi connectivity index (χ0) is 14.7. The molecule has 0 saturated heterocycles. The van der Waals surface area contributed by atoms with Gasteiger partial charge in [-0.3, -0.25) is 4.79 Å². The van der Waals surface area contributed by atoms with E-state index in [0.29, 0.717) is 36.2 Å². The van der Waals surface area contributed by atoms with Crippen LogP contribution in [-0.4, -0.2) is 29.1 Å². The molecule has 4 N–H and O–H groups in total. The summed E-state index contributed by atoms with van der Waals surface area (Å²) in [4.78, 5) is 19.9. The molecule has 0 saturated carbocycles. The number of carbonyl (C=O) groups excluding carboxylic acids is 1. The van der Waals surface area contributed by atoms with Gasteiger partial charge in [0.25, 0.3) is 5.91 Å². The van der Waals surface area contributed by atoms with E-state index in [1.165, 1.54) is 12.4 Å². The number of anilines is 2. The summed E-state index contributed by atoms with van der Waals surface area (Å²) in [5.41, 5.74) is 3.12. The molecular formula is C13H13N5O3. The number of nitrogens with one attached hydrogen (secondary N) is 2. The zero-order valence-corrected chi connectivity index (χ0v) is 11.0. The van der Waals surface area contributed by atoms with Gasteiger partial charge in [-0.2, -0.15) is 0 Å². The molecule has 0 atom stereocenters. The van der Waals surface area contributed by atoms with Crippen molar-refractivity contribution in [2.24, 2.45) is 5.84 Å². The van der Waals surface area contributed by atoms with Crippen molar-refractivity contribution in [3.05, 3.63) is 36.3 Å². The monoisotopic (exact) mass is 287 g/mol. The van der Waals surface area contributed by atoms with Crippen LogP contribution in [0.4, 0.5) is 11.5 Å². The minimum Gasteiger partial charge on any atom is -0.486 e. The number of nitrogens with zero attached hydrogens (tertiary/aromatic N) is 2. The lowest BCUT2D eigenvalue weighted by Crippen LogP contribution is -2.17. The van der Waals surface area contributed by atoms with Crippen molar-refractivity contribution in [1.29, 1.82) is 0 Å². The first kappa shape index (κ1) is 13.1. The number of benzene rings is 1. The van der Waals surface area contributed by atoms with Crippen LogP contribution in [0.2, 0.25) is 0 Å². The quantitative estimate of drug-likeness (QED) is 0.565. The number of hydrazine groups is 1. The summed E-state index contributed by atoms with van der Waals surface area (Å²) in [6.07, 6.45) is 2.71. The number of nitrogen functional groups attached to an aromatic ring is 1. The molecule has 8 heteroatoms. The van der Waals surface area contributed by atoms with E-state index in [1.807, 2.05) is 0 Å². The van der Waals surface area contributed by atoms with Crippen LogP contribution in [0, 0.1) is 0 Å². The molecule has 2 heterocycles. The van der Waals surface area contributed by atoms with Crippen LogP contribution in [0.3, 0.4) is 0 Å². The molecule has 8 nitrogen and oxygen atoms in total. The van der Waals surface area contributed by atoms with Crippen LogP contribution in [0.1, 0.15) is 10.5 Å². The minimum absolute atomic E-state index is 0.184. The van der Waals surface area contributed by atoms with Gasteiger partial charge >= 0.3 is 0 Å². The van der Waals surface area contributed by atoms with Crippen LogP contribution in [0.25, 0.3) is 0 Å². The van der Waals surface area contributed by atoms with Crippen molar-refractivity contribution < 1.29 is 14.3 Å². The Morgan fingerprint density at radius 3 is 2.67 bits per heavy atom. The van der Waals surface area contributed by atoms with Gasteiger partial charge in [0, 0.05) is 11.8 Å². The molecule has 0 aliphatic carbocycles. The third-order valence-corrected chi connectivity index (χ3v) is 2.83. The number of hydrogen-bond acceptors (Lipinski definition) is 7. The van der Waals surface area contributed by atoms with E-state index in [1.54, 1.807) is 18.2 Å². The lowest BCUT2D eigenvalue weighted by Gasteiger charge is -2.18. The second kappa shape index (κ2) is 5.63. The molecule has 0 fully saturated rings. The Hall–Kier alpha value is -2.87. The summed E-state index contributed by atoms with van der Waals surface area (Å²) in [5.74, 6) is 6.46. The zero-order valence-electron chi connectivity index (χ0n) is 11.0. The summed E-state index contributed by atoms with van der Waals surface area (Å²) in [7, 11) is 0. The number of amides is 1. The second-order valence-corrected chi connectivity index (χ2v) is 4.24. The summed E-state index contributed by atoms with van der Waals surface area (Å²) in [6, 6.07) is 5.18. The smallest absolute Gasteiger partial charge is 0.275 e. The first-order valence-corrected chi connectivity index (χ1v) is 6.26. The van der Waals surface area contributed by atoms with Crippen molar-refractivity contribution in [2.45, 2.75) is 0 Å². The van der Waals surface area contributed by atoms with Crippen molar-refractivity contribution in [2.75, 3.05) is 24.0 Å². The van der Waals surface area contributed by atoms with Crippen LogP contribution >= 0.6 is 0 Å². The number of fused-ring (bicyclic) bond motifs is 1. The Labute approximate surface area is 120 Å². The van der Waals surface area contributed by atoms with E-state index >= 15 is 0 Å². The topological polar surface area (TPSA) is 111 Å². The Morgan fingerprint density at radius 2 is 1.95 bits per heavy atom. The maximum Gasteiger partial charge on any atom is 0.275 e. The number of ether oxygens (including phenoxy) is 2. The van der Waals surface area contributed by atoms with Crippen LogP contribution in [0.15, 0.2) is 30.6 Å². The molecular weight excluding hydrogens is 274 g/mol. The highest BCUT2D eigenvalue weighted by Gasteiger charge is 2.14. The third-order valence-electron chi connectivity index (χ3n) is 2.83. The highest BCUT2D eigenvalue weighted by atomic mass is 16.6. The molecule has 0 spiro atoms. The highest BCUT2D eigenvalue weighted by Crippen LogP contribution is 2.32. The van der Waals surface area contributed by atoms with Gasteiger partial charge in [-0.15, -0.1) is 0 Å². The molecule has 1 aliphatic heterocycles. The fourth-order valence-corrected chi connectivity index (χ4v) is 1.84. The average Bonchev–Trinajstić information content (AvgIpc) is 2.55. The molecule has 21 heavy (non-hydrogen) atoms. The Balaban J connectivity index is 1.74. The second-order valence-electron chi connectivity index (χ2n) is 4.24. The summed E-state index contributed by atoms with van der Waals surface area (Å²) >= 11 is 0. The van der Waals surface area contributed by atoms with Gasteiger partial charge in [0.05, 0.1) is 12.4 Å². The molecule has 1 aromatic carbocycles. The molecule has 2 aromatic rings. The lowest BCUT2D eigenvalue weighted by atomic mass is 10.2. The molecule has 1 aromatic heterocycles. The molecule has 0 unspecified atom stereocenters. The van der Waals surface area contributed by atoms with Gasteiger partial charge < -0.3 is 20.2 Å². The molecule has 108 valence electrons. The standard InChI is InChI=1S/C13H13N5O3/c14-18-12-7-15-9(6-16-12)13(19)17-8-1-2-10-11(5-8)21-4-3-20-10/h1-2,5-7H,3-4,14H2,(H,16,18)(H,17,19). The third kappa shape index (κ3) is 2.84. The van der Waals surface area contributed by atoms with Crippen molar-refractivity contribution >= 4 is 17.4 Å². The largest absolute Gasteiger partial charge is 0.486 e. The highest BCUT2D eigenvalue weighted by molar-refractivity contribution is 6.02. The number of aromatic nitrogens is 2. The summed E-state index contributed by atoms with van der Waals surface area (Å²) in [6.45, 7) is 1.01. The van der Waals surface area contributed by atoms with E-state index in [9.17, 15) is 4.79 Å². The molecule has 1 amide bonds. The van der Waals surface area contributed by atoms with E-state index in [4.69, 9.17) is 15.3 Å². The van der Waals surface area contributed by atoms with Crippen molar-refractivity contribution in [1.82, 2.24) is 9.97 Å². The molecule has 1 aliphatic rings. The maximum atomic E-state index is 12.0. The normalized spacial score (nSPS) is 12.6. The lowest BCUT2D eigenvalue weighted by molar-refractivity contribution is 0.102. The van der Waals surface area contributed by atoms with E-state index in [-0.39, 0.29) is 11.6 Å². The number of carbonyl (C=O) groups is 1. The summed E-state index contributed by atoms with van der Waals surface area (Å²) < 4.78 is 10.9. The molecule has 0 bridgehead atoms. The number of hydrogen-bond donors (Lipinski definition) is 3. The van der Waals surface area contributed by atoms with E-state index in [0.717, 1.165) is 0 Å². The first-order valence-electron chi connectivity index (χ1n) is 6.26. The number of rotatable bonds is 3. The maximum absolute atomic E-state index is 12.0. The fourth-order valence-electron chi connectivity index (χ4n) is 1.84. The van der Waals surface area contributed by atoms with Crippen LogP contribution in [0.5, 0.6) is 11.5 Å². The SMILES string of the molecule is NNc1cnc(C(=O)Nc2ccc3c(c2)OCCO3)cn1. The van der Waals surface area contributed by atoms with Crippen LogP contribution < -0.4 is 26.1 Å². The van der Waals surface area contributed by atoms with Gasteiger partial charge in [0.1, 0.15) is 18.9 Å². The van der Waals surface area contributed by atoms with E-state index < -0.39 is 0 Å².